The van der Waals surface area contributed by atoms with Crippen molar-refractivity contribution in [1.82, 2.24) is 4.90 Å². The quantitative estimate of drug-likeness (QED) is 0.898. The normalized spacial score (nSPS) is 21.0. The average molecular weight is 330 g/mol. The molecule has 0 radical (unpaired) electrons. The number of aliphatic hydroxyl groups is 1. The molecule has 130 valence electrons. The lowest BCUT2D eigenvalue weighted by molar-refractivity contribution is -0.137. The number of aryl methyl sites for hydroxylation is 2. The fraction of sp³-hybridized carbons (Fsp3) is 0.579. The average Bonchev–Trinajstić information content (AvgIpc) is 3.40. The van der Waals surface area contributed by atoms with Crippen LogP contribution in [-0.4, -0.2) is 47.6 Å². The van der Waals surface area contributed by atoms with Gasteiger partial charge in [-0.2, -0.15) is 0 Å². The van der Waals surface area contributed by atoms with E-state index in [0.717, 1.165) is 24.1 Å². The summed E-state index contributed by atoms with van der Waals surface area (Å²) in [4.78, 5) is 28.8. The Balaban J connectivity index is 1.76. The van der Waals surface area contributed by atoms with Crippen LogP contribution in [0.5, 0.6) is 0 Å². The number of benzene rings is 1. The van der Waals surface area contributed by atoms with Crippen LogP contribution in [0.3, 0.4) is 0 Å². The molecule has 1 heterocycles. The second kappa shape index (κ2) is 6.93. The van der Waals surface area contributed by atoms with Crippen molar-refractivity contribution in [3.8, 4) is 0 Å². The summed E-state index contributed by atoms with van der Waals surface area (Å²) in [6.07, 6.45) is 3.06. The number of nitrogens with zero attached hydrogens (tertiary/aromatic N) is 2. The highest BCUT2D eigenvalue weighted by molar-refractivity contribution is 5.96. The zero-order valence-electron chi connectivity index (χ0n) is 14.5. The molecule has 1 aliphatic heterocycles. The molecule has 1 N–H and O–H groups in total. The highest BCUT2D eigenvalue weighted by Gasteiger charge is 2.38. The Morgan fingerprint density at radius 1 is 1.25 bits per heavy atom. The summed E-state index contributed by atoms with van der Waals surface area (Å²) in [5.74, 6) is 0.00627. The summed E-state index contributed by atoms with van der Waals surface area (Å²) in [5, 5.41) is 9.23. The highest BCUT2D eigenvalue weighted by atomic mass is 16.3. The summed E-state index contributed by atoms with van der Waals surface area (Å²) < 4.78 is 0. The van der Waals surface area contributed by atoms with Crippen molar-refractivity contribution >= 4 is 17.5 Å². The van der Waals surface area contributed by atoms with Crippen molar-refractivity contribution in [1.29, 1.82) is 0 Å². The van der Waals surface area contributed by atoms with Gasteiger partial charge in [-0.05, 0) is 56.4 Å². The topological polar surface area (TPSA) is 60.9 Å². The first-order chi connectivity index (χ1) is 11.5. The lowest BCUT2D eigenvalue weighted by atomic mass is 9.95. The van der Waals surface area contributed by atoms with Gasteiger partial charge in [-0.15, -0.1) is 0 Å². The minimum Gasteiger partial charge on any atom is -0.395 e. The molecule has 0 bridgehead atoms. The predicted octanol–water partition coefficient (Wildman–Crippen LogP) is 2.03. The van der Waals surface area contributed by atoms with Gasteiger partial charge in [0.05, 0.1) is 12.5 Å². The molecule has 24 heavy (non-hydrogen) atoms. The summed E-state index contributed by atoms with van der Waals surface area (Å²) in [7, 11) is 0. The minimum absolute atomic E-state index is 0.00520. The standard InChI is InChI=1S/C19H26N2O3/c1-13-3-5-17(11-14(13)2)21-12-15(4-8-18(21)23)19(24)20(9-10-22)16-6-7-16/h3,5,11,15-16,22H,4,6-10,12H2,1-2H3. The SMILES string of the molecule is Cc1ccc(N2CC(C(=O)N(CCO)C3CC3)CCC2=O)cc1C. The first-order valence-corrected chi connectivity index (χ1v) is 8.80. The van der Waals surface area contributed by atoms with Crippen LogP contribution in [0, 0.1) is 19.8 Å². The van der Waals surface area contributed by atoms with Gasteiger partial charge in [0, 0.05) is 31.2 Å². The van der Waals surface area contributed by atoms with Crippen LogP contribution in [0.15, 0.2) is 18.2 Å². The molecule has 1 saturated carbocycles. The Morgan fingerprint density at radius 3 is 2.62 bits per heavy atom. The molecule has 1 atom stereocenters. The summed E-state index contributed by atoms with van der Waals surface area (Å²) in [5.41, 5.74) is 3.22. The summed E-state index contributed by atoms with van der Waals surface area (Å²) in [6.45, 7) is 4.92. The van der Waals surface area contributed by atoms with Gasteiger partial charge >= 0.3 is 0 Å². The molecular formula is C19H26N2O3. The third kappa shape index (κ3) is 3.46. The number of hydrogen-bond donors (Lipinski definition) is 1. The van der Waals surface area contributed by atoms with Crippen LogP contribution in [0.4, 0.5) is 5.69 Å². The largest absolute Gasteiger partial charge is 0.395 e. The first kappa shape index (κ1) is 17.0. The van der Waals surface area contributed by atoms with Crippen LogP contribution in [0.1, 0.15) is 36.8 Å². The fourth-order valence-electron chi connectivity index (χ4n) is 3.39. The van der Waals surface area contributed by atoms with Crippen LogP contribution in [-0.2, 0) is 9.59 Å². The Kier molecular flexibility index (Phi) is 4.90. The van der Waals surface area contributed by atoms with E-state index in [9.17, 15) is 14.7 Å². The third-order valence-corrected chi connectivity index (χ3v) is 5.17. The maximum absolute atomic E-state index is 12.9. The lowest BCUT2D eigenvalue weighted by Crippen LogP contribution is -2.48. The van der Waals surface area contributed by atoms with E-state index in [-0.39, 0.29) is 30.4 Å². The van der Waals surface area contributed by atoms with Gasteiger partial charge in [0.1, 0.15) is 0 Å². The molecular weight excluding hydrogens is 304 g/mol. The van der Waals surface area contributed by atoms with E-state index in [1.54, 1.807) is 4.90 Å². The van der Waals surface area contributed by atoms with Crippen molar-refractivity contribution in [2.24, 2.45) is 5.92 Å². The molecule has 5 heteroatoms. The van der Waals surface area contributed by atoms with Crippen molar-refractivity contribution in [2.75, 3.05) is 24.6 Å². The summed E-state index contributed by atoms with van der Waals surface area (Å²) in [6, 6.07) is 6.29. The van der Waals surface area contributed by atoms with Crippen molar-refractivity contribution in [3.05, 3.63) is 29.3 Å². The minimum atomic E-state index is -0.170. The van der Waals surface area contributed by atoms with Crippen molar-refractivity contribution in [3.63, 3.8) is 0 Å². The molecule has 1 unspecified atom stereocenters. The molecule has 1 saturated heterocycles. The maximum atomic E-state index is 12.9. The van der Waals surface area contributed by atoms with Gasteiger partial charge < -0.3 is 14.9 Å². The zero-order chi connectivity index (χ0) is 17.3. The number of aliphatic hydroxyl groups excluding tert-OH is 1. The van der Waals surface area contributed by atoms with E-state index < -0.39 is 0 Å². The number of carbonyl (C=O) groups is 2. The van der Waals surface area contributed by atoms with Crippen LogP contribution in [0.25, 0.3) is 0 Å². The van der Waals surface area contributed by atoms with Gasteiger partial charge in [0.2, 0.25) is 11.8 Å². The van der Waals surface area contributed by atoms with Gasteiger partial charge in [0.15, 0.2) is 0 Å². The highest BCUT2D eigenvalue weighted by Crippen LogP contribution is 2.31. The molecule has 3 rings (SSSR count). The Labute approximate surface area is 143 Å². The number of piperidine rings is 1. The molecule has 1 aromatic rings. The van der Waals surface area contributed by atoms with Crippen LogP contribution < -0.4 is 4.90 Å². The number of rotatable bonds is 5. The zero-order valence-corrected chi connectivity index (χ0v) is 14.5. The number of hydrogen-bond acceptors (Lipinski definition) is 3. The molecule has 2 fully saturated rings. The van der Waals surface area contributed by atoms with Gasteiger partial charge in [-0.25, -0.2) is 0 Å². The maximum Gasteiger partial charge on any atom is 0.227 e. The molecule has 2 aliphatic rings. The molecule has 0 spiro atoms. The molecule has 1 aliphatic carbocycles. The second-order valence-electron chi connectivity index (χ2n) is 6.99. The first-order valence-electron chi connectivity index (χ1n) is 8.80. The van der Waals surface area contributed by atoms with Gasteiger partial charge in [0.25, 0.3) is 0 Å². The third-order valence-electron chi connectivity index (χ3n) is 5.17. The Morgan fingerprint density at radius 2 is 2.00 bits per heavy atom. The van der Waals surface area contributed by atoms with E-state index in [2.05, 4.69) is 0 Å². The molecule has 5 nitrogen and oxygen atoms in total. The fourth-order valence-corrected chi connectivity index (χ4v) is 3.39. The van der Waals surface area contributed by atoms with E-state index in [4.69, 9.17) is 0 Å². The van der Waals surface area contributed by atoms with Crippen LogP contribution >= 0.6 is 0 Å². The van der Waals surface area contributed by atoms with E-state index in [1.165, 1.54) is 5.56 Å². The predicted molar refractivity (Wildman–Crippen MR) is 92.8 cm³/mol. The smallest absolute Gasteiger partial charge is 0.227 e. The van der Waals surface area contributed by atoms with Crippen molar-refractivity contribution in [2.45, 2.75) is 45.6 Å². The van der Waals surface area contributed by atoms with E-state index >= 15 is 0 Å². The molecule has 0 aromatic heterocycles. The second-order valence-corrected chi connectivity index (χ2v) is 6.99. The van der Waals surface area contributed by atoms with E-state index in [0.29, 0.717) is 25.9 Å². The monoisotopic (exact) mass is 330 g/mol. The summed E-state index contributed by atoms with van der Waals surface area (Å²) >= 11 is 0. The number of amides is 2. The van der Waals surface area contributed by atoms with E-state index in [1.807, 2.05) is 36.9 Å². The molecule has 2 amide bonds. The Bertz CT molecular complexity index is 639. The van der Waals surface area contributed by atoms with Crippen LogP contribution in [0.2, 0.25) is 0 Å². The van der Waals surface area contributed by atoms with Crippen molar-refractivity contribution < 1.29 is 14.7 Å². The van der Waals surface area contributed by atoms with Gasteiger partial charge in [-0.1, -0.05) is 6.07 Å². The number of carbonyl (C=O) groups excluding carboxylic acids is 2. The number of anilines is 1. The lowest BCUT2D eigenvalue weighted by Gasteiger charge is -2.35. The van der Waals surface area contributed by atoms with Gasteiger partial charge in [-0.3, -0.25) is 9.59 Å². The Hall–Kier alpha value is -1.88. The molecule has 1 aromatic carbocycles.